The highest BCUT2D eigenvalue weighted by molar-refractivity contribution is 7.92. The molecule has 0 aliphatic heterocycles. The van der Waals surface area contributed by atoms with E-state index in [1.165, 1.54) is 12.1 Å². The summed E-state index contributed by atoms with van der Waals surface area (Å²) in [4.78, 5) is 10.5. The van der Waals surface area contributed by atoms with Gasteiger partial charge in [0.2, 0.25) is 0 Å². The van der Waals surface area contributed by atoms with E-state index >= 15 is 0 Å². The van der Waals surface area contributed by atoms with Gasteiger partial charge < -0.3 is 10.2 Å². The van der Waals surface area contributed by atoms with E-state index in [0.29, 0.717) is 0 Å². The second kappa shape index (κ2) is 6.45. The van der Waals surface area contributed by atoms with Crippen LogP contribution in [0.2, 0.25) is 15.1 Å². The lowest BCUT2D eigenvalue weighted by molar-refractivity contribution is 0.0694. The van der Waals surface area contributed by atoms with Crippen LogP contribution in [-0.2, 0) is 10.0 Å². The van der Waals surface area contributed by atoms with Crippen molar-refractivity contribution in [2.45, 2.75) is 4.90 Å². The number of carboxylic acids is 1. The van der Waals surface area contributed by atoms with Gasteiger partial charge in [0.15, 0.2) is 0 Å². The van der Waals surface area contributed by atoms with Crippen molar-refractivity contribution in [3.8, 4) is 5.75 Å². The van der Waals surface area contributed by atoms with Crippen LogP contribution in [-0.4, -0.2) is 24.6 Å². The number of sulfonamides is 1. The van der Waals surface area contributed by atoms with E-state index in [-0.39, 0.29) is 31.2 Å². The first-order valence-corrected chi connectivity index (χ1v) is 8.47. The molecule has 0 fully saturated rings. The summed E-state index contributed by atoms with van der Waals surface area (Å²) in [6, 6.07) is 5.48. The van der Waals surface area contributed by atoms with E-state index < -0.39 is 21.7 Å². The summed E-state index contributed by atoms with van der Waals surface area (Å²) in [6.45, 7) is 0. The molecule has 0 unspecified atom stereocenters. The standard InChI is InChI=1S/C13H8Cl3NO5S/c14-8-4-10(16)12(5-9(8)15)23(21,22)17-6-1-2-7(13(19)20)11(18)3-6/h1-5,17-18H,(H,19,20). The number of benzene rings is 2. The molecule has 6 nitrogen and oxygen atoms in total. The summed E-state index contributed by atoms with van der Waals surface area (Å²) in [7, 11) is -4.12. The number of nitrogens with one attached hydrogen (secondary N) is 1. The number of aromatic hydroxyl groups is 1. The van der Waals surface area contributed by atoms with Gasteiger partial charge in [0.25, 0.3) is 10.0 Å². The first-order valence-electron chi connectivity index (χ1n) is 5.85. The van der Waals surface area contributed by atoms with Crippen molar-refractivity contribution in [1.29, 1.82) is 0 Å². The minimum atomic E-state index is -4.12. The van der Waals surface area contributed by atoms with Crippen LogP contribution in [0.3, 0.4) is 0 Å². The number of halogens is 3. The number of carboxylic acid groups (broad SMARTS) is 1. The maximum absolute atomic E-state index is 12.3. The quantitative estimate of drug-likeness (QED) is 0.681. The van der Waals surface area contributed by atoms with Crippen LogP contribution in [0, 0.1) is 0 Å². The largest absolute Gasteiger partial charge is 0.507 e. The maximum atomic E-state index is 12.3. The van der Waals surface area contributed by atoms with E-state index in [4.69, 9.17) is 39.9 Å². The van der Waals surface area contributed by atoms with Crippen LogP contribution in [0.15, 0.2) is 35.2 Å². The second-order valence-corrected chi connectivity index (χ2v) is 7.21. The molecule has 10 heteroatoms. The molecule has 3 N–H and O–H groups in total. The highest BCUT2D eigenvalue weighted by Gasteiger charge is 2.21. The van der Waals surface area contributed by atoms with Crippen LogP contribution in [0.4, 0.5) is 5.69 Å². The van der Waals surface area contributed by atoms with Gasteiger partial charge >= 0.3 is 5.97 Å². The first kappa shape index (κ1) is 17.7. The fraction of sp³-hybridized carbons (Fsp3) is 0. The molecule has 0 aromatic heterocycles. The zero-order valence-corrected chi connectivity index (χ0v) is 14.1. The molecule has 0 saturated carbocycles. The Labute approximate surface area is 146 Å². The van der Waals surface area contributed by atoms with Crippen molar-refractivity contribution in [1.82, 2.24) is 0 Å². The lowest BCUT2D eigenvalue weighted by Gasteiger charge is -2.11. The molecule has 122 valence electrons. The van der Waals surface area contributed by atoms with E-state index in [1.54, 1.807) is 0 Å². The minimum absolute atomic E-state index is 0.000476. The summed E-state index contributed by atoms with van der Waals surface area (Å²) in [5.41, 5.74) is -0.407. The fourth-order valence-corrected chi connectivity index (χ4v) is 3.75. The highest BCUT2D eigenvalue weighted by Crippen LogP contribution is 2.33. The fourth-order valence-electron chi connectivity index (χ4n) is 1.70. The summed E-state index contributed by atoms with van der Waals surface area (Å²) >= 11 is 17.4. The smallest absolute Gasteiger partial charge is 0.339 e. The Morgan fingerprint density at radius 1 is 1.00 bits per heavy atom. The highest BCUT2D eigenvalue weighted by atomic mass is 35.5. The average molecular weight is 397 g/mol. The Balaban J connectivity index is 2.41. The molecule has 0 radical (unpaired) electrons. The number of anilines is 1. The molecule has 2 aromatic rings. The number of carbonyl (C=O) groups is 1. The third-order valence-corrected chi connectivity index (χ3v) is 5.31. The molecule has 2 aromatic carbocycles. The van der Waals surface area contributed by atoms with Crippen LogP contribution < -0.4 is 4.72 Å². The van der Waals surface area contributed by atoms with Crippen molar-refractivity contribution >= 4 is 56.5 Å². The SMILES string of the molecule is O=C(O)c1ccc(NS(=O)(=O)c2cc(Cl)c(Cl)cc2Cl)cc1O. The molecular formula is C13H8Cl3NO5S. The van der Waals surface area contributed by atoms with E-state index in [0.717, 1.165) is 18.2 Å². The van der Waals surface area contributed by atoms with Gasteiger partial charge in [0.05, 0.1) is 20.8 Å². The summed E-state index contributed by atoms with van der Waals surface area (Å²) in [5, 5.41) is 18.4. The van der Waals surface area contributed by atoms with Crippen LogP contribution in [0.25, 0.3) is 0 Å². The van der Waals surface area contributed by atoms with Crippen molar-refractivity contribution < 1.29 is 23.4 Å². The molecule has 23 heavy (non-hydrogen) atoms. The molecule has 0 aliphatic carbocycles. The van der Waals surface area contributed by atoms with Gasteiger partial charge in [0, 0.05) is 6.07 Å². The van der Waals surface area contributed by atoms with Crippen molar-refractivity contribution in [2.24, 2.45) is 0 Å². The van der Waals surface area contributed by atoms with Gasteiger partial charge in [-0.05, 0) is 24.3 Å². The molecule has 0 spiro atoms. The number of aromatic carboxylic acids is 1. The predicted molar refractivity (Wildman–Crippen MR) is 87.3 cm³/mol. The van der Waals surface area contributed by atoms with Gasteiger partial charge in [-0.25, -0.2) is 13.2 Å². The molecule has 0 saturated heterocycles. The maximum Gasteiger partial charge on any atom is 0.339 e. The van der Waals surface area contributed by atoms with E-state index in [2.05, 4.69) is 4.72 Å². The third kappa shape index (κ3) is 3.81. The molecular weight excluding hydrogens is 389 g/mol. The van der Waals surface area contributed by atoms with E-state index in [9.17, 15) is 18.3 Å². The number of rotatable bonds is 4. The average Bonchev–Trinajstić information content (AvgIpc) is 2.41. The van der Waals surface area contributed by atoms with Crippen molar-refractivity contribution in [3.63, 3.8) is 0 Å². The summed E-state index contributed by atoms with van der Waals surface area (Å²) in [5.74, 6) is -1.93. The van der Waals surface area contributed by atoms with Crippen LogP contribution in [0.1, 0.15) is 10.4 Å². The van der Waals surface area contributed by atoms with Crippen LogP contribution >= 0.6 is 34.8 Å². The lowest BCUT2D eigenvalue weighted by Crippen LogP contribution is -2.13. The first-order chi connectivity index (χ1) is 10.6. The van der Waals surface area contributed by atoms with E-state index in [1.807, 2.05) is 0 Å². The minimum Gasteiger partial charge on any atom is -0.507 e. The number of hydrogen-bond acceptors (Lipinski definition) is 4. The molecule has 0 bridgehead atoms. The predicted octanol–water partition coefficient (Wildman–Crippen LogP) is 3.85. The Kier molecular flexibility index (Phi) is 4.95. The molecule has 2 rings (SSSR count). The Morgan fingerprint density at radius 3 is 2.17 bits per heavy atom. The van der Waals surface area contributed by atoms with Crippen LogP contribution in [0.5, 0.6) is 5.75 Å². The number of phenols is 1. The Morgan fingerprint density at radius 2 is 1.61 bits per heavy atom. The monoisotopic (exact) mass is 395 g/mol. The molecule has 0 aliphatic rings. The zero-order valence-electron chi connectivity index (χ0n) is 11.0. The Hall–Kier alpha value is -1.67. The molecule has 0 atom stereocenters. The Bertz CT molecular complexity index is 899. The lowest BCUT2D eigenvalue weighted by atomic mass is 10.2. The topological polar surface area (TPSA) is 104 Å². The summed E-state index contributed by atoms with van der Waals surface area (Å²) < 4.78 is 26.8. The number of hydrogen-bond donors (Lipinski definition) is 3. The van der Waals surface area contributed by atoms with Crippen molar-refractivity contribution in [2.75, 3.05) is 4.72 Å². The van der Waals surface area contributed by atoms with Crippen molar-refractivity contribution in [3.05, 3.63) is 51.0 Å². The normalized spacial score (nSPS) is 11.3. The van der Waals surface area contributed by atoms with Gasteiger partial charge in [0.1, 0.15) is 16.2 Å². The van der Waals surface area contributed by atoms with Gasteiger partial charge in [-0.3, -0.25) is 4.72 Å². The molecule has 0 heterocycles. The third-order valence-electron chi connectivity index (χ3n) is 2.74. The van der Waals surface area contributed by atoms with Gasteiger partial charge in [-0.2, -0.15) is 0 Å². The van der Waals surface area contributed by atoms with Gasteiger partial charge in [-0.1, -0.05) is 34.8 Å². The van der Waals surface area contributed by atoms with Gasteiger partial charge in [-0.15, -0.1) is 0 Å². The zero-order chi connectivity index (χ0) is 17.4. The summed E-state index contributed by atoms with van der Waals surface area (Å²) in [6.07, 6.45) is 0. The second-order valence-electron chi connectivity index (χ2n) is 4.34. The molecule has 0 amide bonds.